The molecule has 1 rings (SSSR count). The maximum absolute atomic E-state index is 9.37. The molecule has 0 radical (unpaired) electrons. The summed E-state index contributed by atoms with van der Waals surface area (Å²) in [6, 6.07) is 0. The van der Waals surface area contributed by atoms with Crippen LogP contribution >= 0.6 is 0 Å². The molecule has 1 aliphatic heterocycles. The summed E-state index contributed by atoms with van der Waals surface area (Å²) in [4.78, 5) is 4.74. The third-order valence-electron chi connectivity index (χ3n) is 2.08. The fourth-order valence-corrected chi connectivity index (χ4v) is 1.28. The minimum absolute atomic E-state index is 0.464. The van der Waals surface area contributed by atoms with Gasteiger partial charge in [-0.05, 0) is 0 Å². The van der Waals surface area contributed by atoms with E-state index < -0.39 is 37.3 Å². The quantitative estimate of drug-likeness (QED) is 0.314. The van der Waals surface area contributed by atoms with Crippen molar-refractivity contribution in [2.75, 3.05) is 13.7 Å². The molecule has 14 heavy (non-hydrogen) atoms. The Balaban J connectivity index is 2.63. The molecule has 0 bridgehead atoms. The second kappa shape index (κ2) is 4.99. The van der Waals surface area contributed by atoms with E-state index in [0.29, 0.717) is 0 Å². The molecule has 5 atom stereocenters. The molecule has 1 saturated heterocycles. The van der Waals surface area contributed by atoms with Crippen molar-refractivity contribution >= 4 is 0 Å². The van der Waals surface area contributed by atoms with Crippen LogP contribution in [0.2, 0.25) is 0 Å². The minimum atomic E-state index is -1.40. The summed E-state index contributed by atoms with van der Waals surface area (Å²) < 4.78 is 4.98. The van der Waals surface area contributed by atoms with Crippen LogP contribution in [0.4, 0.5) is 0 Å². The predicted molar refractivity (Wildman–Crippen MR) is 43.9 cm³/mol. The Hall–Kier alpha value is -0.280. The normalized spacial score (nSPS) is 43.9. The zero-order valence-corrected chi connectivity index (χ0v) is 7.70. The summed E-state index contributed by atoms with van der Waals surface area (Å²) in [5, 5.41) is 36.8. The van der Waals surface area contributed by atoms with Gasteiger partial charge in [-0.15, -0.1) is 0 Å². The van der Waals surface area contributed by atoms with E-state index in [1.807, 2.05) is 0 Å². The van der Waals surface area contributed by atoms with E-state index in [4.69, 9.17) is 14.7 Å². The van der Waals surface area contributed by atoms with Crippen molar-refractivity contribution in [3.05, 3.63) is 0 Å². The van der Waals surface area contributed by atoms with Crippen LogP contribution in [0.5, 0.6) is 0 Å². The van der Waals surface area contributed by atoms with Gasteiger partial charge in [-0.2, -0.15) is 0 Å². The van der Waals surface area contributed by atoms with Crippen molar-refractivity contribution < 1.29 is 30.0 Å². The fourth-order valence-electron chi connectivity index (χ4n) is 1.28. The summed E-state index contributed by atoms with van der Waals surface area (Å²) >= 11 is 0. The molecule has 0 aromatic heterocycles. The van der Waals surface area contributed by atoms with Crippen LogP contribution in [-0.4, -0.2) is 64.8 Å². The zero-order valence-electron chi connectivity index (χ0n) is 7.70. The van der Waals surface area contributed by atoms with E-state index in [9.17, 15) is 15.3 Å². The highest BCUT2D eigenvalue weighted by atomic mass is 16.8. The summed E-state index contributed by atoms with van der Waals surface area (Å²) in [5.41, 5.74) is 2.29. The van der Waals surface area contributed by atoms with Gasteiger partial charge in [-0.3, -0.25) is 4.84 Å². The van der Waals surface area contributed by atoms with Crippen molar-refractivity contribution in [1.29, 1.82) is 0 Å². The second-order valence-corrected chi connectivity index (χ2v) is 3.02. The van der Waals surface area contributed by atoms with Gasteiger partial charge in [0.1, 0.15) is 24.4 Å². The van der Waals surface area contributed by atoms with Gasteiger partial charge < -0.3 is 25.2 Å². The smallest absolute Gasteiger partial charge is 0.206 e. The Bertz CT molecular complexity index is 176. The van der Waals surface area contributed by atoms with Gasteiger partial charge in [-0.25, -0.2) is 5.48 Å². The molecule has 1 unspecified atom stereocenters. The lowest BCUT2D eigenvalue weighted by Crippen LogP contribution is -2.59. The van der Waals surface area contributed by atoms with Crippen LogP contribution in [0.25, 0.3) is 0 Å². The van der Waals surface area contributed by atoms with Gasteiger partial charge in [0.25, 0.3) is 0 Å². The van der Waals surface area contributed by atoms with E-state index in [1.54, 1.807) is 0 Å². The van der Waals surface area contributed by atoms with Gasteiger partial charge in [0.05, 0.1) is 6.61 Å². The molecule has 0 aliphatic carbocycles. The van der Waals surface area contributed by atoms with E-state index in [-0.39, 0.29) is 0 Å². The van der Waals surface area contributed by atoms with Gasteiger partial charge in [0.15, 0.2) is 0 Å². The predicted octanol–water partition coefficient (Wildman–Crippen LogP) is -3.06. The number of hydrogen-bond acceptors (Lipinski definition) is 7. The third-order valence-corrected chi connectivity index (χ3v) is 2.08. The molecule has 0 spiro atoms. The van der Waals surface area contributed by atoms with Crippen molar-refractivity contribution in [3.8, 4) is 0 Å². The van der Waals surface area contributed by atoms with Crippen molar-refractivity contribution in [1.82, 2.24) is 5.48 Å². The van der Waals surface area contributed by atoms with Gasteiger partial charge >= 0.3 is 0 Å². The number of hydroxylamine groups is 1. The van der Waals surface area contributed by atoms with Gasteiger partial charge in [-0.1, -0.05) is 0 Å². The van der Waals surface area contributed by atoms with Crippen LogP contribution in [0.3, 0.4) is 0 Å². The Morgan fingerprint density at radius 2 is 1.86 bits per heavy atom. The first-order valence-electron chi connectivity index (χ1n) is 4.24. The summed E-state index contributed by atoms with van der Waals surface area (Å²) in [6.45, 7) is -0.464. The number of rotatable bonds is 3. The molecule has 1 aliphatic rings. The van der Waals surface area contributed by atoms with Crippen molar-refractivity contribution in [2.24, 2.45) is 0 Å². The number of aliphatic hydroxyl groups is 4. The SMILES string of the molecule is CNOC1O[C@H](CO)[C@@H](O)[C@H](O)[C@H]1O. The van der Waals surface area contributed by atoms with Crippen LogP contribution in [-0.2, 0) is 9.57 Å². The molecule has 7 heteroatoms. The highest BCUT2D eigenvalue weighted by Gasteiger charge is 2.44. The van der Waals surface area contributed by atoms with Crippen LogP contribution in [0.15, 0.2) is 0 Å². The average Bonchev–Trinajstić information content (AvgIpc) is 2.19. The second-order valence-electron chi connectivity index (χ2n) is 3.02. The minimum Gasteiger partial charge on any atom is -0.394 e. The molecule has 1 heterocycles. The summed E-state index contributed by atoms with van der Waals surface area (Å²) in [6.07, 6.45) is -6.17. The first kappa shape index (κ1) is 11.8. The van der Waals surface area contributed by atoms with Crippen LogP contribution in [0, 0.1) is 0 Å². The standard InChI is InChI=1S/C7H15NO6/c1-8-14-7-6(12)5(11)4(10)3(2-9)13-7/h3-12H,2H2,1H3/t3-,4-,5+,6-,7?/m1/s1. The lowest BCUT2D eigenvalue weighted by atomic mass is 9.99. The average molecular weight is 209 g/mol. The summed E-state index contributed by atoms with van der Waals surface area (Å²) in [7, 11) is 1.46. The Morgan fingerprint density at radius 1 is 1.21 bits per heavy atom. The molecule has 84 valence electrons. The largest absolute Gasteiger partial charge is 0.394 e. The lowest BCUT2D eigenvalue weighted by molar-refractivity contribution is -0.314. The van der Waals surface area contributed by atoms with Gasteiger partial charge in [0.2, 0.25) is 6.29 Å². The Labute approximate surface area is 80.8 Å². The van der Waals surface area contributed by atoms with Crippen molar-refractivity contribution in [3.63, 3.8) is 0 Å². The fraction of sp³-hybridized carbons (Fsp3) is 1.00. The van der Waals surface area contributed by atoms with Crippen LogP contribution < -0.4 is 5.48 Å². The molecule has 1 fully saturated rings. The zero-order chi connectivity index (χ0) is 10.7. The topological polar surface area (TPSA) is 111 Å². The van der Waals surface area contributed by atoms with Crippen molar-refractivity contribution in [2.45, 2.75) is 30.7 Å². The number of ether oxygens (including phenoxy) is 1. The van der Waals surface area contributed by atoms with E-state index in [0.717, 1.165) is 0 Å². The van der Waals surface area contributed by atoms with Gasteiger partial charge in [0, 0.05) is 7.05 Å². The maximum Gasteiger partial charge on any atom is 0.206 e. The number of hydrogen-bond donors (Lipinski definition) is 5. The highest BCUT2D eigenvalue weighted by Crippen LogP contribution is 2.20. The first-order valence-corrected chi connectivity index (χ1v) is 4.24. The Kier molecular flexibility index (Phi) is 4.20. The molecule has 0 aromatic carbocycles. The number of aliphatic hydroxyl groups excluding tert-OH is 4. The lowest BCUT2D eigenvalue weighted by Gasteiger charge is -2.39. The highest BCUT2D eigenvalue weighted by molar-refractivity contribution is 4.88. The molecule has 0 amide bonds. The molecule has 7 nitrogen and oxygen atoms in total. The molecular weight excluding hydrogens is 194 g/mol. The molecule has 5 N–H and O–H groups in total. The number of nitrogens with one attached hydrogen (secondary N) is 1. The maximum atomic E-state index is 9.37. The molecule has 0 saturated carbocycles. The van der Waals surface area contributed by atoms with Crippen LogP contribution in [0.1, 0.15) is 0 Å². The first-order chi connectivity index (χ1) is 6.61. The van der Waals surface area contributed by atoms with E-state index in [1.165, 1.54) is 7.05 Å². The third kappa shape index (κ3) is 2.20. The van der Waals surface area contributed by atoms with E-state index in [2.05, 4.69) is 5.48 Å². The molecular formula is C7H15NO6. The monoisotopic (exact) mass is 209 g/mol. The molecule has 0 aromatic rings. The Morgan fingerprint density at radius 3 is 2.36 bits per heavy atom. The van der Waals surface area contributed by atoms with E-state index >= 15 is 0 Å². The summed E-state index contributed by atoms with van der Waals surface area (Å²) in [5.74, 6) is 0.